The maximum Gasteiger partial charge on any atom is 0.327 e. The molecule has 0 saturated carbocycles. The highest BCUT2D eigenvalue weighted by Crippen LogP contribution is 2.40. The van der Waals surface area contributed by atoms with Crippen LogP contribution in [0.25, 0.3) is 0 Å². The molecule has 2 aliphatic rings. The highest BCUT2D eigenvalue weighted by atomic mass is 16.5. The van der Waals surface area contributed by atoms with E-state index in [9.17, 15) is 19.2 Å². The number of amides is 4. The van der Waals surface area contributed by atoms with Crippen molar-refractivity contribution in [3.63, 3.8) is 0 Å². The third kappa shape index (κ3) is 3.78. The van der Waals surface area contributed by atoms with Gasteiger partial charge in [-0.1, -0.05) is 18.2 Å². The molecule has 1 N–H and O–H groups in total. The largest absolute Gasteiger partial charge is 0.493 e. The molecule has 10 nitrogen and oxygen atoms in total. The number of fused-ring (bicyclic) bond motifs is 2. The van der Waals surface area contributed by atoms with Crippen LogP contribution in [0.1, 0.15) is 25.3 Å². The summed E-state index contributed by atoms with van der Waals surface area (Å²) in [7, 11) is 1.49. The van der Waals surface area contributed by atoms with Crippen LogP contribution in [0.3, 0.4) is 0 Å². The molecular weight excluding hydrogens is 392 g/mol. The molecule has 2 aliphatic heterocycles. The highest BCUT2D eigenvalue weighted by Gasteiger charge is 2.55. The Labute approximate surface area is 173 Å². The van der Waals surface area contributed by atoms with Crippen molar-refractivity contribution in [1.82, 2.24) is 15.1 Å². The third-order valence-corrected chi connectivity index (χ3v) is 5.14. The summed E-state index contributed by atoms with van der Waals surface area (Å²) in [6.07, 6.45) is -0.725. The van der Waals surface area contributed by atoms with Crippen molar-refractivity contribution in [2.45, 2.75) is 31.4 Å². The maximum atomic E-state index is 13.1. The summed E-state index contributed by atoms with van der Waals surface area (Å²) in [4.78, 5) is 52.2. The summed E-state index contributed by atoms with van der Waals surface area (Å²) in [5.74, 6) is -1.43. The van der Waals surface area contributed by atoms with Crippen molar-refractivity contribution in [2.24, 2.45) is 0 Å². The molecule has 2 heterocycles. The van der Waals surface area contributed by atoms with Crippen LogP contribution in [0.2, 0.25) is 0 Å². The zero-order chi connectivity index (χ0) is 21.9. The van der Waals surface area contributed by atoms with E-state index >= 15 is 0 Å². The smallest absolute Gasteiger partial charge is 0.327 e. The van der Waals surface area contributed by atoms with Crippen molar-refractivity contribution in [1.29, 1.82) is 5.26 Å². The number of carbonyl (C=O) groups excluding carboxylic acids is 4. The van der Waals surface area contributed by atoms with Gasteiger partial charge in [-0.05, 0) is 13.0 Å². The van der Waals surface area contributed by atoms with Crippen LogP contribution in [0.4, 0.5) is 4.79 Å². The Hall–Kier alpha value is -3.61. The fourth-order valence-corrected chi connectivity index (χ4v) is 3.57. The molecule has 1 aromatic rings. The number of nitrogens with one attached hydrogen (secondary N) is 1. The number of esters is 1. The monoisotopic (exact) mass is 414 g/mol. The van der Waals surface area contributed by atoms with E-state index in [4.69, 9.17) is 14.7 Å². The van der Waals surface area contributed by atoms with E-state index in [-0.39, 0.29) is 26.0 Å². The zero-order valence-electron chi connectivity index (χ0n) is 16.7. The number of imide groups is 1. The van der Waals surface area contributed by atoms with E-state index in [1.807, 2.05) is 6.07 Å². The minimum atomic E-state index is -1.29. The van der Waals surface area contributed by atoms with Gasteiger partial charge in [0.05, 0.1) is 19.1 Å². The van der Waals surface area contributed by atoms with Crippen molar-refractivity contribution >= 4 is 23.8 Å². The van der Waals surface area contributed by atoms with E-state index in [2.05, 4.69) is 5.32 Å². The van der Waals surface area contributed by atoms with Crippen molar-refractivity contribution in [2.75, 3.05) is 26.7 Å². The highest BCUT2D eigenvalue weighted by molar-refractivity contribution is 6.09. The fourth-order valence-electron chi connectivity index (χ4n) is 3.57. The van der Waals surface area contributed by atoms with Gasteiger partial charge in [0.15, 0.2) is 11.6 Å². The van der Waals surface area contributed by atoms with Crippen molar-refractivity contribution in [3.8, 4) is 11.8 Å². The topological polar surface area (TPSA) is 129 Å². The van der Waals surface area contributed by atoms with Gasteiger partial charge in [0.25, 0.3) is 11.8 Å². The Morgan fingerprint density at radius 3 is 2.87 bits per heavy atom. The number of hydrogen-bond donors (Lipinski definition) is 1. The Morgan fingerprint density at radius 1 is 1.40 bits per heavy atom. The molecule has 0 aromatic heterocycles. The van der Waals surface area contributed by atoms with E-state index < -0.39 is 42.0 Å². The number of hydrogen-bond acceptors (Lipinski definition) is 7. The molecule has 2 atom stereocenters. The van der Waals surface area contributed by atoms with Gasteiger partial charge >= 0.3 is 12.0 Å². The lowest BCUT2D eigenvalue weighted by Gasteiger charge is -2.33. The summed E-state index contributed by atoms with van der Waals surface area (Å²) < 4.78 is 10.7. The van der Waals surface area contributed by atoms with Gasteiger partial charge in [-0.3, -0.25) is 19.3 Å². The molecule has 0 radical (unpaired) electrons. The molecule has 1 fully saturated rings. The normalized spacial score (nSPS) is 20.6. The van der Waals surface area contributed by atoms with Gasteiger partial charge in [-0.25, -0.2) is 4.79 Å². The summed E-state index contributed by atoms with van der Waals surface area (Å²) in [5.41, 5.74) is -0.751. The van der Waals surface area contributed by atoms with Gasteiger partial charge in [0.1, 0.15) is 12.3 Å². The van der Waals surface area contributed by atoms with Crippen LogP contribution < -0.4 is 10.1 Å². The number of nitriles is 1. The molecule has 4 amide bonds. The predicted molar refractivity (Wildman–Crippen MR) is 102 cm³/mol. The van der Waals surface area contributed by atoms with E-state index in [1.165, 1.54) is 18.9 Å². The number of rotatable bonds is 6. The lowest BCUT2D eigenvalue weighted by Crippen LogP contribution is -2.48. The summed E-state index contributed by atoms with van der Waals surface area (Å²) in [6.45, 7) is 1.22. The minimum Gasteiger partial charge on any atom is -0.493 e. The SMILES string of the molecule is C[C@H](OC(=O)CN1C(=O)N[C@]2(CCOc3ccccc32)C1=O)C(=O)N(C)CCC#N. The van der Waals surface area contributed by atoms with Crippen LogP contribution in [-0.2, 0) is 24.7 Å². The molecular formula is C20H22N4O6. The molecule has 30 heavy (non-hydrogen) atoms. The summed E-state index contributed by atoms with van der Waals surface area (Å²) in [5, 5.41) is 11.3. The number of para-hydroxylation sites is 1. The van der Waals surface area contributed by atoms with Crippen molar-refractivity contribution in [3.05, 3.63) is 29.8 Å². The fraction of sp³-hybridized carbons (Fsp3) is 0.450. The van der Waals surface area contributed by atoms with Gasteiger partial charge in [0, 0.05) is 25.6 Å². The first kappa shape index (κ1) is 21.1. The molecule has 10 heteroatoms. The number of carbonyl (C=O) groups is 4. The first-order valence-electron chi connectivity index (χ1n) is 9.48. The second kappa shape index (κ2) is 8.41. The first-order chi connectivity index (χ1) is 14.3. The lowest BCUT2D eigenvalue weighted by atomic mass is 9.84. The van der Waals surface area contributed by atoms with Gasteiger partial charge in [-0.2, -0.15) is 5.26 Å². The van der Waals surface area contributed by atoms with E-state index in [0.717, 1.165) is 4.90 Å². The second-order valence-corrected chi connectivity index (χ2v) is 7.12. The molecule has 0 unspecified atom stereocenters. The minimum absolute atomic E-state index is 0.151. The Morgan fingerprint density at radius 2 is 2.13 bits per heavy atom. The lowest BCUT2D eigenvalue weighted by molar-refractivity contribution is -0.160. The number of urea groups is 1. The number of likely N-dealkylation sites (N-methyl/N-ethyl adjacent to an activating group) is 1. The van der Waals surface area contributed by atoms with Gasteiger partial charge in [-0.15, -0.1) is 0 Å². The first-order valence-corrected chi connectivity index (χ1v) is 9.48. The van der Waals surface area contributed by atoms with E-state index in [0.29, 0.717) is 11.3 Å². The molecule has 0 bridgehead atoms. The van der Waals surface area contributed by atoms with Crippen LogP contribution in [0, 0.1) is 11.3 Å². The predicted octanol–water partition coefficient (Wildman–Crippen LogP) is 0.520. The molecule has 3 rings (SSSR count). The summed E-state index contributed by atoms with van der Waals surface area (Å²) in [6, 6.07) is 8.13. The van der Waals surface area contributed by atoms with E-state index in [1.54, 1.807) is 24.3 Å². The quantitative estimate of drug-likeness (QED) is 0.531. The molecule has 0 aliphatic carbocycles. The molecule has 1 saturated heterocycles. The van der Waals surface area contributed by atoms with Gasteiger partial charge < -0.3 is 19.7 Å². The Balaban J connectivity index is 1.68. The third-order valence-electron chi connectivity index (χ3n) is 5.14. The average molecular weight is 414 g/mol. The Kier molecular flexibility index (Phi) is 5.91. The molecule has 1 spiro atoms. The average Bonchev–Trinajstić information content (AvgIpc) is 2.96. The van der Waals surface area contributed by atoms with Gasteiger partial charge in [0.2, 0.25) is 0 Å². The maximum absolute atomic E-state index is 13.1. The second-order valence-electron chi connectivity index (χ2n) is 7.12. The number of benzene rings is 1. The molecule has 1 aromatic carbocycles. The van der Waals surface area contributed by atoms with Crippen LogP contribution in [0.5, 0.6) is 5.75 Å². The molecule has 158 valence electrons. The van der Waals surface area contributed by atoms with Crippen LogP contribution in [0.15, 0.2) is 24.3 Å². The standard InChI is InChI=1S/C20H22N4O6/c1-13(17(26)23(2)10-5-9-21)30-16(25)12-24-18(27)20(22-19(24)28)8-11-29-15-7-4-3-6-14(15)20/h3-4,6-7,13H,5,8,10-12H2,1-2H3,(H,22,28)/t13-,20-/m0/s1. The Bertz CT molecular complexity index is 926. The number of ether oxygens (including phenoxy) is 2. The van der Waals surface area contributed by atoms with Crippen molar-refractivity contribution < 1.29 is 28.7 Å². The summed E-state index contributed by atoms with van der Waals surface area (Å²) >= 11 is 0. The zero-order valence-corrected chi connectivity index (χ0v) is 16.7. The van der Waals surface area contributed by atoms with Crippen LogP contribution in [-0.4, -0.2) is 66.5 Å². The number of nitrogens with zero attached hydrogens (tertiary/aromatic N) is 3. The van der Waals surface area contributed by atoms with Crippen LogP contribution >= 0.6 is 0 Å².